The highest BCUT2D eigenvalue weighted by atomic mass is 35.5. The standard InChI is InChI=1S/C19H22ClFN2O3S/c1-14(23(27(2,25)26)18-7-3-6-17(21)13-18)19(24)22-12-4-5-15-8-10-16(20)11-9-15/h3,6-11,13-14H,4-5,12H2,1-2H3,(H,22,24)/t14-/m0/s1. The molecule has 0 unspecified atom stereocenters. The highest BCUT2D eigenvalue weighted by Crippen LogP contribution is 2.21. The molecule has 0 saturated carbocycles. The van der Waals surface area contributed by atoms with Gasteiger partial charge in [0.2, 0.25) is 15.9 Å². The third-order valence-electron chi connectivity index (χ3n) is 4.01. The van der Waals surface area contributed by atoms with Crippen LogP contribution in [-0.4, -0.2) is 33.2 Å². The second-order valence-corrected chi connectivity index (χ2v) is 8.53. The average Bonchev–Trinajstić information content (AvgIpc) is 2.59. The molecule has 2 rings (SSSR count). The number of hydrogen-bond acceptors (Lipinski definition) is 3. The maximum atomic E-state index is 13.5. The van der Waals surface area contributed by atoms with Crippen LogP contribution in [0.1, 0.15) is 18.9 Å². The second kappa shape index (κ2) is 9.19. The summed E-state index contributed by atoms with van der Waals surface area (Å²) in [4.78, 5) is 12.4. The molecule has 5 nitrogen and oxygen atoms in total. The van der Waals surface area contributed by atoms with E-state index in [9.17, 15) is 17.6 Å². The molecule has 0 bridgehead atoms. The van der Waals surface area contributed by atoms with E-state index in [1.807, 2.05) is 12.1 Å². The fourth-order valence-corrected chi connectivity index (χ4v) is 4.02. The Hall–Kier alpha value is -2.12. The summed E-state index contributed by atoms with van der Waals surface area (Å²) >= 11 is 5.84. The summed E-state index contributed by atoms with van der Waals surface area (Å²) in [5.74, 6) is -1.02. The minimum atomic E-state index is -3.76. The van der Waals surface area contributed by atoms with E-state index in [0.29, 0.717) is 18.0 Å². The van der Waals surface area contributed by atoms with Gasteiger partial charge >= 0.3 is 0 Å². The van der Waals surface area contributed by atoms with Crippen LogP contribution >= 0.6 is 11.6 Å². The Labute approximate surface area is 164 Å². The summed E-state index contributed by atoms with van der Waals surface area (Å²) in [7, 11) is -3.76. The number of nitrogens with zero attached hydrogens (tertiary/aromatic N) is 1. The fourth-order valence-electron chi connectivity index (χ4n) is 2.72. The smallest absolute Gasteiger partial charge is 0.243 e. The summed E-state index contributed by atoms with van der Waals surface area (Å²) in [5.41, 5.74) is 1.21. The summed E-state index contributed by atoms with van der Waals surface area (Å²) in [6.45, 7) is 1.87. The second-order valence-electron chi connectivity index (χ2n) is 6.24. The number of aryl methyl sites for hydroxylation is 1. The van der Waals surface area contributed by atoms with Crippen molar-refractivity contribution in [3.63, 3.8) is 0 Å². The lowest BCUT2D eigenvalue weighted by Gasteiger charge is -2.28. The van der Waals surface area contributed by atoms with Gasteiger partial charge in [-0.1, -0.05) is 29.8 Å². The number of amides is 1. The van der Waals surface area contributed by atoms with Crippen molar-refractivity contribution in [3.05, 3.63) is 64.9 Å². The van der Waals surface area contributed by atoms with Crippen LogP contribution in [0.15, 0.2) is 48.5 Å². The van der Waals surface area contributed by atoms with Gasteiger partial charge < -0.3 is 5.32 Å². The Morgan fingerprint density at radius 2 is 1.89 bits per heavy atom. The van der Waals surface area contributed by atoms with Gasteiger partial charge in [-0.05, 0) is 55.7 Å². The molecule has 1 atom stereocenters. The fraction of sp³-hybridized carbons (Fsp3) is 0.316. The van der Waals surface area contributed by atoms with Crippen molar-refractivity contribution in [2.75, 3.05) is 17.1 Å². The van der Waals surface area contributed by atoms with Gasteiger partial charge in [-0.25, -0.2) is 12.8 Å². The Morgan fingerprint density at radius 3 is 2.48 bits per heavy atom. The third-order valence-corrected chi connectivity index (χ3v) is 5.50. The molecule has 1 amide bonds. The van der Waals surface area contributed by atoms with E-state index >= 15 is 0 Å². The molecule has 146 valence electrons. The SMILES string of the molecule is C[C@@H](C(=O)NCCCc1ccc(Cl)cc1)N(c1cccc(F)c1)S(C)(=O)=O. The third kappa shape index (κ3) is 6.22. The summed E-state index contributed by atoms with van der Waals surface area (Å²) in [6, 6.07) is 11.6. The van der Waals surface area contributed by atoms with Crippen molar-refractivity contribution < 1.29 is 17.6 Å². The lowest BCUT2D eigenvalue weighted by atomic mass is 10.1. The highest BCUT2D eigenvalue weighted by molar-refractivity contribution is 7.92. The normalized spacial score (nSPS) is 12.4. The number of carbonyl (C=O) groups is 1. The minimum absolute atomic E-state index is 0.112. The van der Waals surface area contributed by atoms with Gasteiger partial charge in [0, 0.05) is 11.6 Å². The number of anilines is 1. The molecule has 0 fully saturated rings. The predicted molar refractivity (Wildman–Crippen MR) is 106 cm³/mol. The zero-order valence-electron chi connectivity index (χ0n) is 15.2. The van der Waals surface area contributed by atoms with Crippen molar-refractivity contribution in [2.24, 2.45) is 0 Å². The number of carbonyl (C=O) groups excluding carboxylic acids is 1. The summed E-state index contributed by atoms with van der Waals surface area (Å²) in [5, 5.41) is 3.40. The zero-order chi connectivity index (χ0) is 20.0. The van der Waals surface area contributed by atoms with E-state index < -0.39 is 27.8 Å². The molecule has 2 aromatic rings. The Kier molecular flexibility index (Phi) is 7.21. The van der Waals surface area contributed by atoms with Crippen molar-refractivity contribution in [1.82, 2.24) is 5.32 Å². The molecular weight excluding hydrogens is 391 g/mol. The largest absolute Gasteiger partial charge is 0.354 e. The van der Waals surface area contributed by atoms with E-state index in [0.717, 1.165) is 28.6 Å². The summed E-state index contributed by atoms with van der Waals surface area (Å²) in [6.07, 6.45) is 2.44. The van der Waals surface area contributed by atoms with Gasteiger partial charge in [0.05, 0.1) is 11.9 Å². The first-order chi connectivity index (χ1) is 12.7. The predicted octanol–water partition coefficient (Wildman–Crippen LogP) is 3.38. The minimum Gasteiger partial charge on any atom is -0.354 e. The van der Waals surface area contributed by atoms with Crippen LogP contribution in [0, 0.1) is 5.82 Å². The maximum Gasteiger partial charge on any atom is 0.243 e. The lowest BCUT2D eigenvalue weighted by Crippen LogP contribution is -2.48. The molecule has 0 saturated heterocycles. The van der Waals surface area contributed by atoms with Gasteiger partial charge in [-0.3, -0.25) is 9.10 Å². The van der Waals surface area contributed by atoms with Crippen LogP contribution in [-0.2, 0) is 21.2 Å². The van der Waals surface area contributed by atoms with Crippen LogP contribution in [0.3, 0.4) is 0 Å². The quantitative estimate of drug-likeness (QED) is 0.676. The van der Waals surface area contributed by atoms with Crippen LogP contribution in [0.25, 0.3) is 0 Å². The molecule has 0 spiro atoms. The Bertz CT molecular complexity index is 888. The van der Waals surface area contributed by atoms with Crippen LogP contribution < -0.4 is 9.62 Å². The molecule has 0 aliphatic carbocycles. The number of sulfonamides is 1. The lowest BCUT2D eigenvalue weighted by molar-refractivity contribution is -0.121. The number of benzene rings is 2. The topological polar surface area (TPSA) is 66.5 Å². The first-order valence-electron chi connectivity index (χ1n) is 8.45. The molecule has 0 aliphatic rings. The monoisotopic (exact) mass is 412 g/mol. The average molecular weight is 413 g/mol. The van der Waals surface area contributed by atoms with Crippen molar-refractivity contribution in [1.29, 1.82) is 0 Å². The Morgan fingerprint density at radius 1 is 1.22 bits per heavy atom. The number of rotatable bonds is 8. The molecule has 27 heavy (non-hydrogen) atoms. The van der Waals surface area contributed by atoms with E-state index in [-0.39, 0.29) is 5.69 Å². The number of nitrogens with one attached hydrogen (secondary N) is 1. The maximum absolute atomic E-state index is 13.5. The molecule has 0 heterocycles. The number of halogens is 2. The van der Waals surface area contributed by atoms with Crippen LogP contribution in [0.2, 0.25) is 5.02 Å². The molecule has 1 N–H and O–H groups in total. The zero-order valence-corrected chi connectivity index (χ0v) is 16.7. The molecular formula is C19H22ClFN2O3S. The Balaban J connectivity index is 1.97. The van der Waals surface area contributed by atoms with Gasteiger partial charge in [-0.15, -0.1) is 0 Å². The van der Waals surface area contributed by atoms with Gasteiger partial charge in [0.25, 0.3) is 0 Å². The molecule has 0 aromatic heterocycles. The van der Waals surface area contributed by atoms with E-state index in [1.54, 1.807) is 12.1 Å². The van der Waals surface area contributed by atoms with E-state index in [4.69, 9.17) is 11.6 Å². The van der Waals surface area contributed by atoms with E-state index in [2.05, 4.69) is 5.32 Å². The number of hydrogen-bond donors (Lipinski definition) is 1. The van der Waals surface area contributed by atoms with Crippen LogP contribution in [0.4, 0.5) is 10.1 Å². The molecule has 8 heteroatoms. The molecule has 0 radical (unpaired) electrons. The van der Waals surface area contributed by atoms with Gasteiger partial charge in [0.1, 0.15) is 11.9 Å². The highest BCUT2D eigenvalue weighted by Gasteiger charge is 2.29. The van der Waals surface area contributed by atoms with Crippen LogP contribution in [0.5, 0.6) is 0 Å². The van der Waals surface area contributed by atoms with Gasteiger partial charge in [-0.2, -0.15) is 0 Å². The molecule has 0 aliphatic heterocycles. The molecule has 2 aromatic carbocycles. The first kappa shape index (κ1) is 21.2. The van der Waals surface area contributed by atoms with Crippen molar-refractivity contribution >= 4 is 33.2 Å². The first-order valence-corrected chi connectivity index (χ1v) is 10.7. The van der Waals surface area contributed by atoms with Crippen molar-refractivity contribution in [3.8, 4) is 0 Å². The van der Waals surface area contributed by atoms with Crippen molar-refractivity contribution in [2.45, 2.75) is 25.8 Å². The summed E-state index contributed by atoms with van der Waals surface area (Å²) < 4.78 is 38.7. The van der Waals surface area contributed by atoms with Gasteiger partial charge in [0.15, 0.2) is 0 Å². The van der Waals surface area contributed by atoms with E-state index in [1.165, 1.54) is 25.1 Å².